The van der Waals surface area contributed by atoms with Crippen LogP contribution in [0, 0.1) is 19.7 Å². The van der Waals surface area contributed by atoms with Crippen LogP contribution in [0.25, 0.3) is 0 Å². The van der Waals surface area contributed by atoms with Crippen molar-refractivity contribution in [3.8, 4) is 5.75 Å². The molecule has 1 aliphatic rings. The van der Waals surface area contributed by atoms with E-state index in [0.29, 0.717) is 38.8 Å². The maximum absolute atomic E-state index is 15.1. The number of amides is 1. The van der Waals surface area contributed by atoms with Crippen LogP contribution < -0.4 is 4.74 Å². The van der Waals surface area contributed by atoms with E-state index in [2.05, 4.69) is 42.0 Å². The third kappa shape index (κ3) is 5.56. The first kappa shape index (κ1) is 24.7. The van der Waals surface area contributed by atoms with Crippen molar-refractivity contribution in [2.24, 2.45) is 0 Å². The second kappa shape index (κ2) is 10.9. The minimum Gasteiger partial charge on any atom is -0.490 e. The lowest BCUT2D eigenvalue weighted by Crippen LogP contribution is -2.41. The van der Waals surface area contributed by atoms with Crippen molar-refractivity contribution >= 4 is 5.91 Å². The molecule has 0 radical (unpaired) electrons. The Morgan fingerprint density at radius 3 is 2.81 bits per heavy atom. The van der Waals surface area contributed by atoms with Gasteiger partial charge in [-0.1, -0.05) is 29.8 Å². The maximum atomic E-state index is 15.1. The third-order valence-corrected chi connectivity index (χ3v) is 6.91. The number of hydrogen-bond donors (Lipinski definition) is 0. The molecule has 5 rings (SSSR count). The van der Waals surface area contributed by atoms with Crippen molar-refractivity contribution in [2.75, 3.05) is 13.2 Å². The zero-order valence-corrected chi connectivity index (χ0v) is 21.1. The largest absolute Gasteiger partial charge is 0.490 e. The molecule has 0 N–H and O–H groups in total. The summed E-state index contributed by atoms with van der Waals surface area (Å²) in [5, 5.41) is 0. The van der Waals surface area contributed by atoms with Crippen LogP contribution in [-0.2, 0) is 24.1 Å². The van der Waals surface area contributed by atoms with Crippen LogP contribution >= 0.6 is 0 Å². The second-order valence-electron chi connectivity index (χ2n) is 9.52. The lowest BCUT2D eigenvalue weighted by molar-refractivity contribution is -0.133. The molecular weight excluding hydrogens is 469 g/mol. The molecule has 6 nitrogen and oxygen atoms in total. The molecule has 0 spiro atoms. The van der Waals surface area contributed by atoms with E-state index in [0.717, 1.165) is 39.1 Å². The second-order valence-corrected chi connectivity index (χ2v) is 9.52. The Labute approximate surface area is 216 Å². The Kier molecular flexibility index (Phi) is 7.30. The van der Waals surface area contributed by atoms with Crippen molar-refractivity contribution in [1.82, 2.24) is 14.9 Å². The van der Waals surface area contributed by atoms with Gasteiger partial charge >= 0.3 is 0 Å². The van der Waals surface area contributed by atoms with E-state index < -0.39 is 0 Å². The van der Waals surface area contributed by atoms with Gasteiger partial charge in [0.25, 0.3) is 0 Å². The first-order valence-corrected chi connectivity index (χ1v) is 12.6. The summed E-state index contributed by atoms with van der Waals surface area (Å²) in [7, 11) is 0. The summed E-state index contributed by atoms with van der Waals surface area (Å²) in [6.45, 7) is 4.96. The van der Waals surface area contributed by atoms with Crippen molar-refractivity contribution in [2.45, 2.75) is 45.6 Å². The van der Waals surface area contributed by atoms with E-state index in [1.54, 1.807) is 30.8 Å². The highest BCUT2D eigenvalue weighted by Crippen LogP contribution is 2.40. The van der Waals surface area contributed by atoms with Crippen molar-refractivity contribution < 1.29 is 18.3 Å². The fraction of sp³-hybridized carbons (Fsp3) is 0.300. The first-order chi connectivity index (χ1) is 18.0. The zero-order chi connectivity index (χ0) is 25.8. The number of nitrogens with zero attached hydrogens (tertiary/aromatic N) is 3. The molecule has 1 amide bonds. The van der Waals surface area contributed by atoms with Gasteiger partial charge in [-0.05, 0) is 66.3 Å². The minimum atomic E-state index is -0.380. The lowest BCUT2D eigenvalue weighted by atomic mass is 9.85. The van der Waals surface area contributed by atoms with Crippen molar-refractivity contribution in [3.63, 3.8) is 0 Å². The number of pyridine rings is 1. The van der Waals surface area contributed by atoms with Crippen LogP contribution in [0.4, 0.5) is 4.39 Å². The molecule has 0 aliphatic carbocycles. The van der Waals surface area contributed by atoms with Crippen LogP contribution in [0.3, 0.4) is 0 Å². The highest BCUT2D eigenvalue weighted by molar-refractivity contribution is 5.78. The van der Waals surface area contributed by atoms with Crippen LogP contribution in [-0.4, -0.2) is 33.9 Å². The number of carbonyl (C=O) groups excluding carboxylic acids is 1. The van der Waals surface area contributed by atoms with Crippen molar-refractivity contribution in [3.05, 3.63) is 112 Å². The highest BCUT2D eigenvalue weighted by atomic mass is 19.1. The lowest BCUT2D eigenvalue weighted by Gasteiger charge is -2.39. The number of carbonyl (C=O) groups is 1. The summed E-state index contributed by atoms with van der Waals surface area (Å²) in [4.78, 5) is 23.7. The monoisotopic (exact) mass is 499 g/mol. The molecule has 2 aromatic heterocycles. The number of oxazole rings is 1. The first-order valence-electron chi connectivity index (χ1n) is 12.6. The number of ether oxygens (including phenoxy) is 1. The van der Waals surface area contributed by atoms with Crippen LogP contribution in [0.15, 0.2) is 71.9 Å². The highest BCUT2D eigenvalue weighted by Gasteiger charge is 2.34. The molecule has 0 bridgehead atoms. The third-order valence-electron chi connectivity index (χ3n) is 6.91. The molecule has 3 heterocycles. The average Bonchev–Trinajstić information content (AvgIpc) is 3.42. The van der Waals surface area contributed by atoms with Gasteiger partial charge in [0.05, 0.1) is 18.3 Å². The van der Waals surface area contributed by atoms with Crippen LogP contribution in [0.5, 0.6) is 5.75 Å². The molecule has 0 saturated carbocycles. The molecule has 1 unspecified atom stereocenters. The Balaban J connectivity index is 1.45. The molecule has 4 aromatic rings. The minimum absolute atomic E-state index is 0.0296. The molecule has 1 aliphatic heterocycles. The van der Waals surface area contributed by atoms with Gasteiger partial charge in [-0.2, -0.15) is 0 Å². The summed E-state index contributed by atoms with van der Waals surface area (Å²) in [5.74, 6) is -0.147. The summed E-state index contributed by atoms with van der Waals surface area (Å²) in [6, 6.07) is 13.1. The van der Waals surface area contributed by atoms with E-state index in [-0.39, 0.29) is 23.5 Å². The van der Waals surface area contributed by atoms with Gasteiger partial charge in [-0.25, -0.2) is 9.37 Å². The van der Waals surface area contributed by atoms with E-state index in [1.807, 2.05) is 17.0 Å². The Bertz CT molecular complexity index is 1370. The molecule has 0 saturated heterocycles. The van der Waals surface area contributed by atoms with Gasteiger partial charge in [0.15, 0.2) is 18.0 Å². The fourth-order valence-electron chi connectivity index (χ4n) is 5.03. The van der Waals surface area contributed by atoms with Gasteiger partial charge in [0.2, 0.25) is 5.91 Å². The van der Waals surface area contributed by atoms with Gasteiger partial charge in [0.1, 0.15) is 6.26 Å². The number of aromatic nitrogens is 2. The molecule has 0 fully saturated rings. The Morgan fingerprint density at radius 2 is 2.05 bits per heavy atom. The van der Waals surface area contributed by atoms with Gasteiger partial charge in [-0.15, -0.1) is 0 Å². The number of rotatable bonds is 8. The van der Waals surface area contributed by atoms with Gasteiger partial charge in [0, 0.05) is 38.2 Å². The fourth-order valence-corrected chi connectivity index (χ4v) is 5.03. The Hall–Kier alpha value is -4.00. The molecule has 37 heavy (non-hydrogen) atoms. The Morgan fingerprint density at radius 1 is 1.16 bits per heavy atom. The van der Waals surface area contributed by atoms with Gasteiger partial charge < -0.3 is 14.1 Å². The number of fused-ring (bicyclic) bond motifs is 1. The van der Waals surface area contributed by atoms with Crippen molar-refractivity contribution in [1.29, 1.82) is 0 Å². The number of benzene rings is 2. The maximum Gasteiger partial charge on any atom is 0.223 e. The molecule has 1 atom stereocenters. The number of halogens is 1. The standard InChI is InChI=1S/C30H30FN3O3/c1-20-5-7-25(21(2)14-20)30-26-16-28(37-13-10-22-4-3-11-32-17-22)27(31)15-23(26)9-12-34(30)29(35)8-6-24-18-36-19-33-24/h3-5,7,11,14-19,30H,6,8-10,12-13H2,1-2H3. The summed E-state index contributed by atoms with van der Waals surface area (Å²) >= 11 is 0. The zero-order valence-electron chi connectivity index (χ0n) is 21.1. The van der Waals surface area contributed by atoms with E-state index in [9.17, 15) is 4.79 Å². The normalized spacial score (nSPS) is 14.9. The molecule has 7 heteroatoms. The summed E-state index contributed by atoms with van der Waals surface area (Å²) in [5.41, 5.74) is 6.87. The van der Waals surface area contributed by atoms with Crippen LogP contribution in [0.2, 0.25) is 0 Å². The van der Waals surface area contributed by atoms with E-state index >= 15 is 4.39 Å². The molecule has 190 valence electrons. The summed E-state index contributed by atoms with van der Waals surface area (Å²) in [6.07, 6.45) is 8.48. The average molecular weight is 500 g/mol. The van der Waals surface area contributed by atoms with Gasteiger partial charge in [-0.3, -0.25) is 9.78 Å². The van der Waals surface area contributed by atoms with Crippen LogP contribution in [0.1, 0.15) is 51.5 Å². The number of hydrogen-bond acceptors (Lipinski definition) is 5. The SMILES string of the molecule is Cc1ccc(C2c3cc(OCCc4cccnc4)c(F)cc3CCN2C(=O)CCc2cocn2)c(C)c1. The van der Waals surface area contributed by atoms with E-state index in [1.165, 1.54) is 6.39 Å². The number of aryl methyl sites for hydroxylation is 3. The topological polar surface area (TPSA) is 68.5 Å². The molecule has 2 aromatic carbocycles. The predicted octanol–water partition coefficient (Wildman–Crippen LogP) is 5.55. The van der Waals surface area contributed by atoms with E-state index in [4.69, 9.17) is 9.15 Å². The summed E-state index contributed by atoms with van der Waals surface area (Å²) < 4.78 is 26.0. The smallest absolute Gasteiger partial charge is 0.223 e. The quantitative estimate of drug-likeness (QED) is 0.318. The predicted molar refractivity (Wildman–Crippen MR) is 138 cm³/mol. The molecular formula is C30H30FN3O3.